The number of hydrogen-bond donors (Lipinski definition) is 1. The number of piperazine rings is 1. The van der Waals surface area contributed by atoms with E-state index in [1.807, 2.05) is 4.90 Å². The predicted molar refractivity (Wildman–Crippen MR) is 74.8 cm³/mol. The molecule has 0 aromatic rings. The van der Waals surface area contributed by atoms with Crippen LogP contribution in [0.15, 0.2) is 12.7 Å². The Labute approximate surface area is 110 Å². The van der Waals surface area contributed by atoms with Crippen LogP contribution in [0.25, 0.3) is 0 Å². The van der Waals surface area contributed by atoms with E-state index >= 15 is 0 Å². The average Bonchev–Trinajstić information content (AvgIpc) is 2.36. The van der Waals surface area contributed by atoms with Crippen LogP contribution >= 0.6 is 0 Å². The van der Waals surface area contributed by atoms with Crippen molar-refractivity contribution in [2.45, 2.75) is 6.42 Å². The molecule has 18 heavy (non-hydrogen) atoms. The second kappa shape index (κ2) is 8.11. The number of hydrogen-bond acceptors (Lipinski definition) is 3. The Morgan fingerprint density at radius 3 is 2.56 bits per heavy atom. The zero-order chi connectivity index (χ0) is 13.4. The first-order chi connectivity index (χ1) is 8.63. The monoisotopic (exact) mass is 254 g/mol. The minimum atomic E-state index is 0.0304. The molecule has 0 spiro atoms. The summed E-state index contributed by atoms with van der Waals surface area (Å²) in [7, 11) is 4.20. The lowest BCUT2D eigenvalue weighted by Gasteiger charge is -2.34. The summed E-state index contributed by atoms with van der Waals surface area (Å²) < 4.78 is 0. The average molecular weight is 254 g/mol. The maximum absolute atomic E-state index is 11.7. The SMILES string of the molecule is C=CCNC(=O)N1CCN(CCCN(C)C)CC1. The van der Waals surface area contributed by atoms with Gasteiger partial charge in [-0.05, 0) is 33.6 Å². The Morgan fingerprint density at radius 2 is 2.00 bits per heavy atom. The quantitative estimate of drug-likeness (QED) is 0.700. The van der Waals surface area contributed by atoms with Gasteiger partial charge in [-0.25, -0.2) is 4.79 Å². The van der Waals surface area contributed by atoms with E-state index in [-0.39, 0.29) is 6.03 Å². The van der Waals surface area contributed by atoms with Crippen LogP contribution < -0.4 is 5.32 Å². The molecule has 1 aliphatic heterocycles. The largest absolute Gasteiger partial charge is 0.335 e. The number of nitrogens with one attached hydrogen (secondary N) is 1. The van der Waals surface area contributed by atoms with Gasteiger partial charge in [0.1, 0.15) is 0 Å². The van der Waals surface area contributed by atoms with Gasteiger partial charge in [-0.1, -0.05) is 6.08 Å². The molecule has 0 aromatic carbocycles. The van der Waals surface area contributed by atoms with Crippen LogP contribution in [0.1, 0.15) is 6.42 Å². The summed E-state index contributed by atoms with van der Waals surface area (Å²) >= 11 is 0. The highest BCUT2D eigenvalue weighted by atomic mass is 16.2. The van der Waals surface area contributed by atoms with Crippen LogP contribution in [-0.2, 0) is 0 Å². The molecule has 0 bridgehead atoms. The second-order valence-corrected chi connectivity index (χ2v) is 4.96. The molecule has 0 unspecified atom stereocenters. The summed E-state index contributed by atoms with van der Waals surface area (Å²) in [5.41, 5.74) is 0. The van der Waals surface area contributed by atoms with Crippen molar-refractivity contribution in [2.24, 2.45) is 0 Å². The number of urea groups is 1. The molecule has 5 nitrogen and oxygen atoms in total. The van der Waals surface area contributed by atoms with Crippen LogP contribution in [0.4, 0.5) is 4.79 Å². The van der Waals surface area contributed by atoms with Crippen molar-refractivity contribution >= 4 is 6.03 Å². The second-order valence-electron chi connectivity index (χ2n) is 4.96. The maximum Gasteiger partial charge on any atom is 0.317 e. The first-order valence-electron chi connectivity index (χ1n) is 6.64. The molecule has 1 rings (SSSR count). The Hall–Kier alpha value is -1.07. The van der Waals surface area contributed by atoms with Gasteiger partial charge in [-0.3, -0.25) is 4.90 Å². The summed E-state index contributed by atoms with van der Waals surface area (Å²) in [5, 5.41) is 2.82. The van der Waals surface area contributed by atoms with Crippen LogP contribution in [-0.4, -0.2) is 80.6 Å². The van der Waals surface area contributed by atoms with E-state index in [4.69, 9.17) is 0 Å². The van der Waals surface area contributed by atoms with E-state index < -0.39 is 0 Å². The highest BCUT2D eigenvalue weighted by molar-refractivity contribution is 5.74. The van der Waals surface area contributed by atoms with Crippen LogP contribution in [0.3, 0.4) is 0 Å². The topological polar surface area (TPSA) is 38.8 Å². The molecule has 1 heterocycles. The molecule has 0 atom stereocenters. The fourth-order valence-corrected chi connectivity index (χ4v) is 2.06. The van der Waals surface area contributed by atoms with Gasteiger partial charge in [0.15, 0.2) is 0 Å². The van der Waals surface area contributed by atoms with Crippen molar-refractivity contribution in [3.8, 4) is 0 Å². The number of carbonyl (C=O) groups excluding carboxylic acids is 1. The molecule has 1 N–H and O–H groups in total. The summed E-state index contributed by atoms with van der Waals surface area (Å²) in [6.45, 7) is 10.00. The van der Waals surface area contributed by atoms with E-state index in [0.717, 1.165) is 39.3 Å². The third-order valence-corrected chi connectivity index (χ3v) is 3.14. The first-order valence-corrected chi connectivity index (χ1v) is 6.64. The molecular weight excluding hydrogens is 228 g/mol. The van der Waals surface area contributed by atoms with Gasteiger partial charge in [0.2, 0.25) is 0 Å². The summed E-state index contributed by atoms with van der Waals surface area (Å²) in [6, 6.07) is 0.0304. The van der Waals surface area contributed by atoms with Crippen molar-refractivity contribution in [3.05, 3.63) is 12.7 Å². The molecule has 0 aliphatic carbocycles. The van der Waals surface area contributed by atoms with Crippen molar-refractivity contribution < 1.29 is 4.79 Å². The normalized spacial score (nSPS) is 16.9. The van der Waals surface area contributed by atoms with E-state index in [0.29, 0.717) is 6.54 Å². The van der Waals surface area contributed by atoms with Crippen molar-refractivity contribution in [2.75, 3.05) is 59.9 Å². The van der Waals surface area contributed by atoms with Crippen LogP contribution in [0, 0.1) is 0 Å². The lowest BCUT2D eigenvalue weighted by atomic mass is 10.3. The molecule has 5 heteroatoms. The molecule has 0 radical (unpaired) electrons. The molecule has 1 aliphatic rings. The first kappa shape index (κ1) is 15.0. The van der Waals surface area contributed by atoms with Gasteiger partial charge in [-0.15, -0.1) is 6.58 Å². The predicted octanol–water partition coefficient (Wildman–Crippen LogP) is 0.451. The maximum atomic E-state index is 11.7. The van der Waals surface area contributed by atoms with Gasteiger partial charge < -0.3 is 15.1 Å². The Kier molecular flexibility index (Phi) is 6.75. The number of amides is 2. The van der Waals surface area contributed by atoms with Gasteiger partial charge >= 0.3 is 6.03 Å². The minimum absolute atomic E-state index is 0.0304. The minimum Gasteiger partial charge on any atom is -0.335 e. The van der Waals surface area contributed by atoms with Crippen molar-refractivity contribution in [3.63, 3.8) is 0 Å². The van der Waals surface area contributed by atoms with Gasteiger partial charge in [0.25, 0.3) is 0 Å². The van der Waals surface area contributed by atoms with Crippen LogP contribution in [0.5, 0.6) is 0 Å². The van der Waals surface area contributed by atoms with E-state index in [9.17, 15) is 4.79 Å². The molecule has 1 fully saturated rings. The van der Waals surface area contributed by atoms with E-state index in [1.165, 1.54) is 6.42 Å². The molecule has 104 valence electrons. The molecule has 0 saturated carbocycles. The molecule has 0 aromatic heterocycles. The third kappa shape index (κ3) is 5.51. The Balaban J connectivity index is 2.16. The number of carbonyl (C=O) groups is 1. The highest BCUT2D eigenvalue weighted by Gasteiger charge is 2.19. The highest BCUT2D eigenvalue weighted by Crippen LogP contribution is 2.03. The fourth-order valence-electron chi connectivity index (χ4n) is 2.06. The third-order valence-electron chi connectivity index (χ3n) is 3.14. The van der Waals surface area contributed by atoms with Crippen LogP contribution in [0.2, 0.25) is 0 Å². The van der Waals surface area contributed by atoms with Gasteiger partial charge in [0.05, 0.1) is 0 Å². The lowest BCUT2D eigenvalue weighted by Crippen LogP contribution is -2.52. The zero-order valence-electron chi connectivity index (χ0n) is 11.7. The van der Waals surface area contributed by atoms with Crippen molar-refractivity contribution in [1.29, 1.82) is 0 Å². The summed E-state index contributed by atoms with van der Waals surface area (Å²) in [5.74, 6) is 0. The molecule has 2 amide bonds. The summed E-state index contributed by atoms with van der Waals surface area (Å²) in [4.78, 5) is 18.2. The lowest BCUT2D eigenvalue weighted by molar-refractivity contribution is 0.137. The fraction of sp³-hybridized carbons (Fsp3) is 0.769. The molecule has 1 saturated heterocycles. The zero-order valence-corrected chi connectivity index (χ0v) is 11.7. The van der Waals surface area contributed by atoms with E-state index in [2.05, 4.69) is 35.8 Å². The number of nitrogens with zero attached hydrogens (tertiary/aromatic N) is 3. The van der Waals surface area contributed by atoms with Gasteiger partial charge in [-0.2, -0.15) is 0 Å². The number of rotatable bonds is 6. The smallest absolute Gasteiger partial charge is 0.317 e. The van der Waals surface area contributed by atoms with Gasteiger partial charge in [0, 0.05) is 32.7 Å². The Bertz CT molecular complexity index is 260. The van der Waals surface area contributed by atoms with Crippen molar-refractivity contribution in [1.82, 2.24) is 20.0 Å². The standard InChI is InChI=1S/C13H26N4O/c1-4-6-14-13(18)17-11-9-16(10-12-17)8-5-7-15(2)3/h4H,1,5-12H2,2-3H3,(H,14,18). The molecular formula is C13H26N4O. The summed E-state index contributed by atoms with van der Waals surface area (Å²) in [6.07, 6.45) is 2.89. The van der Waals surface area contributed by atoms with E-state index in [1.54, 1.807) is 6.08 Å². The Morgan fingerprint density at radius 1 is 1.33 bits per heavy atom.